The number of carbonyl (C=O) groups is 1. The van der Waals surface area contributed by atoms with Crippen LogP contribution in [0.3, 0.4) is 0 Å². The number of carboxylic acids is 1. The standard InChI is InChI=1S/C16H15NO5/c18-15(16(19)20)9-7-11-6-8-13(14(10-11)17(21)22)12-4-2-1-3-5-12/h1-6,8,10,15,18H,7,9H2,(H,19,20). The highest BCUT2D eigenvalue weighted by atomic mass is 16.6. The van der Waals surface area contributed by atoms with Gasteiger partial charge in [-0.3, -0.25) is 10.1 Å². The molecule has 0 aliphatic heterocycles. The molecule has 0 spiro atoms. The van der Waals surface area contributed by atoms with Gasteiger partial charge in [0.15, 0.2) is 6.10 Å². The Morgan fingerprint density at radius 1 is 1.18 bits per heavy atom. The molecule has 2 aromatic carbocycles. The summed E-state index contributed by atoms with van der Waals surface area (Å²) in [4.78, 5) is 21.4. The maximum atomic E-state index is 11.3. The highest BCUT2D eigenvalue weighted by Gasteiger charge is 2.17. The summed E-state index contributed by atoms with van der Waals surface area (Å²) in [7, 11) is 0. The van der Waals surface area contributed by atoms with Crippen molar-refractivity contribution >= 4 is 11.7 Å². The van der Waals surface area contributed by atoms with Crippen LogP contribution in [0.15, 0.2) is 48.5 Å². The fourth-order valence-corrected chi connectivity index (χ4v) is 2.17. The normalized spacial score (nSPS) is 11.9. The van der Waals surface area contributed by atoms with Gasteiger partial charge in [0.25, 0.3) is 5.69 Å². The van der Waals surface area contributed by atoms with Crippen LogP contribution in [0.4, 0.5) is 5.69 Å². The second-order valence-corrected chi connectivity index (χ2v) is 4.87. The van der Waals surface area contributed by atoms with Crippen molar-refractivity contribution in [3.05, 3.63) is 64.2 Å². The zero-order valence-electron chi connectivity index (χ0n) is 11.7. The summed E-state index contributed by atoms with van der Waals surface area (Å²) >= 11 is 0. The molecule has 0 aromatic heterocycles. The smallest absolute Gasteiger partial charge is 0.332 e. The van der Waals surface area contributed by atoms with E-state index in [0.29, 0.717) is 11.1 Å². The molecule has 2 rings (SSSR count). The zero-order chi connectivity index (χ0) is 16.1. The van der Waals surface area contributed by atoms with Crippen LogP contribution in [-0.4, -0.2) is 27.2 Å². The van der Waals surface area contributed by atoms with Gasteiger partial charge in [0.1, 0.15) is 0 Å². The van der Waals surface area contributed by atoms with E-state index in [4.69, 9.17) is 5.11 Å². The minimum absolute atomic E-state index is 0.0111. The molecule has 0 aliphatic rings. The van der Waals surface area contributed by atoms with Gasteiger partial charge in [-0.05, 0) is 30.0 Å². The van der Waals surface area contributed by atoms with Gasteiger partial charge in [0.2, 0.25) is 0 Å². The monoisotopic (exact) mass is 301 g/mol. The number of benzene rings is 2. The summed E-state index contributed by atoms with van der Waals surface area (Å²) in [6.07, 6.45) is -1.20. The number of nitro groups is 1. The van der Waals surface area contributed by atoms with Crippen molar-refractivity contribution in [2.24, 2.45) is 0 Å². The van der Waals surface area contributed by atoms with Crippen molar-refractivity contribution < 1.29 is 19.9 Å². The molecular formula is C16H15NO5. The molecule has 0 saturated carbocycles. The first-order chi connectivity index (χ1) is 10.5. The van der Waals surface area contributed by atoms with Gasteiger partial charge >= 0.3 is 5.97 Å². The molecule has 0 bridgehead atoms. The summed E-state index contributed by atoms with van der Waals surface area (Å²) in [5, 5.41) is 29.2. The van der Waals surface area contributed by atoms with Crippen LogP contribution >= 0.6 is 0 Å². The molecule has 114 valence electrons. The number of rotatable bonds is 6. The Morgan fingerprint density at radius 2 is 1.86 bits per heavy atom. The highest BCUT2D eigenvalue weighted by Crippen LogP contribution is 2.31. The van der Waals surface area contributed by atoms with Crippen LogP contribution in [-0.2, 0) is 11.2 Å². The average Bonchev–Trinajstić information content (AvgIpc) is 2.53. The number of carboxylic acid groups (broad SMARTS) is 1. The van der Waals surface area contributed by atoms with E-state index >= 15 is 0 Å². The van der Waals surface area contributed by atoms with E-state index in [-0.39, 0.29) is 18.5 Å². The van der Waals surface area contributed by atoms with Crippen molar-refractivity contribution in [1.29, 1.82) is 0 Å². The fraction of sp³-hybridized carbons (Fsp3) is 0.188. The molecule has 0 saturated heterocycles. The summed E-state index contributed by atoms with van der Waals surface area (Å²) in [6, 6.07) is 13.8. The van der Waals surface area contributed by atoms with Gasteiger partial charge in [0.05, 0.1) is 10.5 Å². The maximum absolute atomic E-state index is 11.3. The van der Waals surface area contributed by atoms with Gasteiger partial charge < -0.3 is 10.2 Å². The Bertz CT molecular complexity index is 684. The maximum Gasteiger partial charge on any atom is 0.332 e. The number of aliphatic carboxylic acids is 1. The summed E-state index contributed by atoms with van der Waals surface area (Å²) in [6.45, 7) is 0. The quantitative estimate of drug-likeness (QED) is 0.631. The predicted molar refractivity (Wildman–Crippen MR) is 80.5 cm³/mol. The lowest BCUT2D eigenvalue weighted by Gasteiger charge is -2.08. The van der Waals surface area contributed by atoms with E-state index < -0.39 is 17.0 Å². The predicted octanol–water partition coefficient (Wildman–Crippen LogP) is 2.64. The summed E-state index contributed by atoms with van der Waals surface area (Å²) in [5.74, 6) is -1.30. The van der Waals surface area contributed by atoms with Crippen molar-refractivity contribution in [3.8, 4) is 11.1 Å². The number of aryl methyl sites for hydroxylation is 1. The van der Waals surface area contributed by atoms with Crippen molar-refractivity contribution in [2.75, 3.05) is 0 Å². The van der Waals surface area contributed by atoms with Gasteiger partial charge in [-0.2, -0.15) is 0 Å². The number of hydrogen-bond donors (Lipinski definition) is 2. The zero-order valence-corrected chi connectivity index (χ0v) is 11.7. The Kier molecular flexibility index (Phi) is 4.85. The third kappa shape index (κ3) is 3.67. The molecule has 0 aliphatic carbocycles. The number of aliphatic hydroxyl groups is 1. The highest BCUT2D eigenvalue weighted by molar-refractivity contribution is 5.74. The van der Waals surface area contributed by atoms with Crippen molar-refractivity contribution in [3.63, 3.8) is 0 Å². The molecule has 2 N–H and O–H groups in total. The molecule has 0 heterocycles. The first-order valence-electron chi connectivity index (χ1n) is 6.72. The Balaban J connectivity index is 2.28. The molecule has 1 unspecified atom stereocenters. The molecule has 1 atom stereocenters. The Morgan fingerprint density at radius 3 is 2.45 bits per heavy atom. The minimum atomic E-state index is -1.46. The number of nitro benzene ring substituents is 1. The van der Waals surface area contributed by atoms with Crippen LogP contribution in [0.2, 0.25) is 0 Å². The average molecular weight is 301 g/mol. The fourth-order valence-electron chi connectivity index (χ4n) is 2.17. The van der Waals surface area contributed by atoms with Gasteiger partial charge in [-0.25, -0.2) is 4.79 Å². The lowest BCUT2D eigenvalue weighted by atomic mass is 9.99. The second-order valence-electron chi connectivity index (χ2n) is 4.87. The lowest BCUT2D eigenvalue weighted by molar-refractivity contribution is -0.384. The molecule has 0 amide bonds. The van der Waals surface area contributed by atoms with E-state index in [1.165, 1.54) is 6.07 Å². The Hall–Kier alpha value is -2.73. The molecule has 0 radical (unpaired) electrons. The second kappa shape index (κ2) is 6.82. The first-order valence-corrected chi connectivity index (χ1v) is 6.72. The third-order valence-corrected chi connectivity index (χ3v) is 3.34. The van der Waals surface area contributed by atoms with E-state index in [1.807, 2.05) is 6.07 Å². The third-order valence-electron chi connectivity index (χ3n) is 3.34. The van der Waals surface area contributed by atoms with E-state index in [9.17, 15) is 20.0 Å². The van der Waals surface area contributed by atoms with Crippen LogP contribution in [0, 0.1) is 10.1 Å². The summed E-state index contributed by atoms with van der Waals surface area (Å²) in [5.41, 5.74) is 1.83. The molecule has 0 fully saturated rings. The SMILES string of the molecule is O=C(O)C(O)CCc1ccc(-c2ccccc2)c([N+](=O)[O-])c1. The molecule has 2 aromatic rings. The molecular weight excluding hydrogens is 286 g/mol. The largest absolute Gasteiger partial charge is 0.479 e. The van der Waals surface area contributed by atoms with E-state index in [2.05, 4.69) is 0 Å². The van der Waals surface area contributed by atoms with Crippen LogP contribution in [0.25, 0.3) is 11.1 Å². The number of nitrogens with zero attached hydrogens (tertiary/aromatic N) is 1. The van der Waals surface area contributed by atoms with E-state index in [0.717, 1.165) is 5.56 Å². The van der Waals surface area contributed by atoms with Crippen LogP contribution < -0.4 is 0 Å². The minimum Gasteiger partial charge on any atom is -0.479 e. The number of hydrogen-bond acceptors (Lipinski definition) is 4. The van der Waals surface area contributed by atoms with Crippen molar-refractivity contribution in [2.45, 2.75) is 18.9 Å². The van der Waals surface area contributed by atoms with Gasteiger partial charge in [-0.1, -0.05) is 36.4 Å². The lowest BCUT2D eigenvalue weighted by Crippen LogP contribution is -2.19. The van der Waals surface area contributed by atoms with E-state index in [1.54, 1.807) is 36.4 Å². The van der Waals surface area contributed by atoms with Crippen LogP contribution in [0.5, 0.6) is 0 Å². The molecule has 22 heavy (non-hydrogen) atoms. The Labute approximate surface area is 126 Å². The topological polar surface area (TPSA) is 101 Å². The molecule has 6 nitrogen and oxygen atoms in total. The number of aliphatic hydroxyl groups excluding tert-OH is 1. The van der Waals surface area contributed by atoms with Crippen molar-refractivity contribution in [1.82, 2.24) is 0 Å². The summed E-state index contributed by atoms with van der Waals surface area (Å²) < 4.78 is 0. The first kappa shape index (κ1) is 15.7. The van der Waals surface area contributed by atoms with Gasteiger partial charge in [-0.15, -0.1) is 0 Å². The molecule has 6 heteroatoms. The van der Waals surface area contributed by atoms with Gasteiger partial charge in [0, 0.05) is 6.07 Å². The van der Waals surface area contributed by atoms with Crippen LogP contribution in [0.1, 0.15) is 12.0 Å².